The Hall–Kier alpha value is -3.77. The first kappa shape index (κ1) is 22.3. The van der Waals surface area contributed by atoms with E-state index in [0.29, 0.717) is 23.9 Å². The minimum Gasteiger partial charge on any atom is -0.478 e. The first-order valence-electron chi connectivity index (χ1n) is 8.21. The van der Waals surface area contributed by atoms with E-state index in [9.17, 15) is 9.59 Å². The van der Waals surface area contributed by atoms with Crippen molar-refractivity contribution >= 4 is 23.7 Å². The highest BCUT2D eigenvalue weighted by atomic mass is 16.4. The molecule has 0 spiro atoms. The maximum Gasteiger partial charge on any atom is 0.328 e. The molecular weight excluding hydrogens is 370 g/mol. The number of hydrogen-bond acceptors (Lipinski definition) is 7. The van der Waals surface area contributed by atoms with E-state index in [-0.39, 0.29) is 0 Å². The van der Waals surface area contributed by atoms with Crippen LogP contribution in [0.15, 0.2) is 23.3 Å². The molecule has 0 radical (unpaired) electrons. The van der Waals surface area contributed by atoms with Gasteiger partial charge in [0.25, 0.3) is 0 Å². The van der Waals surface area contributed by atoms with Gasteiger partial charge in [0.05, 0.1) is 12.7 Å². The predicted molar refractivity (Wildman–Crippen MR) is 99.7 cm³/mol. The van der Waals surface area contributed by atoms with E-state index < -0.39 is 11.9 Å². The van der Waals surface area contributed by atoms with Gasteiger partial charge in [-0.25, -0.2) is 14.6 Å². The summed E-state index contributed by atoms with van der Waals surface area (Å²) in [5, 5.41) is 33.8. The van der Waals surface area contributed by atoms with Crippen molar-refractivity contribution in [3.63, 3.8) is 0 Å². The minimum atomic E-state index is -1.26. The lowest BCUT2D eigenvalue weighted by Crippen LogP contribution is -2.22. The molecule has 0 aliphatic heterocycles. The molecule has 0 saturated heterocycles. The zero-order valence-electron chi connectivity index (χ0n) is 15.5. The fourth-order valence-corrected chi connectivity index (χ4v) is 1.84. The van der Waals surface area contributed by atoms with Crippen LogP contribution in [0.3, 0.4) is 0 Å². The van der Waals surface area contributed by atoms with Crippen LogP contribution < -0.4 is 11.1 Å². The number of guanidine groups is 1. The van der Waals surface area contributed by atoms with E-state index in [2.05, 4.69) is 35.7 Å². The van der Waals surface area contributed by atoms with Crippen molar-refractivity contribution in [2.24, 2.45) is 10.7 Å². The third kappa shape index (κ3) is 9.65. The number of aromatic amines is 1. The van der Waals surface area contributed by atoms with Crippen LogP contribution in [-0.4, -0.2) is 65.3 Å². The molecule has 2 rings (SSSR count). The van der Waals surface area contributed by atoms with Crippen LogP contribution in [0.5, 0.6) is 0 Å². The van der Waals surface area contributed by atoms with Gasteiger partial charge in [-0.2, -0.15) is 15.0 Å². The molecule has 0 atom stereocenters. The molecule has 0 amide bonds. The first-order valence-corrected chi connectivity index (χ1v) is 8.21. The van der Waals surface area contributed by atoms with Crippen LogP contribution in [-0.2, 0) is 22.6 Å². The van der Waals surface area contributed by atoms with E-state index in [1.54, 1.807) is 18.0 Å². The number of aromatic nitrogens is 6. The highest BCUT2D eigenvalue weighted by Crippen LogP contribution is 2.03. The summed E-state index contributed by atoms with van der Waals surface area (Å²) in [4.78, 5) is 28.8. The third-order valence-corrected chi connectivity index (χ3v) is 3.07. The molecule has 6 N–H and O–H groups in total. The van der Waals surface area contributed by atoms with Crippen molar-refractivity contribution in [1.82, 2.24) is 30.2 Å². The number of aliphatic imine (C=N–C) groups is 1. The number of hydrogen-bond donors (Lipinski definition) is 5. The van der Waals surface area contributed by atoms with Crippen molar-refractivity contribution in [3.8, 4) is 0 Å². The fraction of sp³-hybridized carbons (Fsp3) is 0.400. The van der Waals surface area contributed by atoms with Crippen LogP contribution in [0.1, 0.15) is 24.5 Å². The zero-order chi connectivity index (χ0) is 20.9. The average Bonchev–Trinajstić information content (AvgIpc) is 3.26. The Morgan fingerprint density at radius 1 is 1.32 bits per heavy atom. The maximum absolute atomic E-state index is 9.55. The Labute approximate surface area is 160 Å². The molecule has 0 bridgehead atoms. The number of unbranched alkanes of at least 4 members (excludes halogenated alkanes) is 1. The second kappa shape index (κ2) is 11.8. The summed E-state index contributed by atoms with van der Waals surface area (Å²) < 4.78 is 0. The van der Waals surface area contributed by atoms with Gasteiger partial charge in [-0.05, 0) is 19.8 Å². The summed E-state index contributed by atoms with van der Waals surface area (Å²) in [6.07, 6.45) is 5.58. The Morgan fingerprint density at radius 2 is 2.00 bits per heavy atom. The molecule has 2 aromatic heterocycles. The highest BCUT2D eigenvalue weighted by Gasteiger charge is 2.02. The van der Waals surface area contributed by atoms with Gasteiger partial charge in [0.2, 0.25) is 0 Å². The van der Waals surface area contributed by atoms with Crippen LogP contribution in [0.4, 0.5) is 5.82 Å². The molecule has 0 unspecified atom stereocenters. The lowest BCUT2D eigenvalue weighted by molar-refractivity contribution is -0.134. The number of H-pyrrole nitrogens is 1. The molecule has 13 nitrogen and oxygen atoms in total. The number of carboxylic acids is 2. The maximum atomic E-state index is 9.55. The van der Waals surface area contributed by atoms with Gasteiger partial charge >= 0.3 is 11.9 Å². The Kier molecular flexibility index (Phi) is 9.36. The van der Waals surface area contributed by atoms with Gasteiger partial charge in [-0.1, -0.05) is 0 Å². The van der Waals surface area contributed by atoms with Crippen molar-refractivity contribution in [3.05, 3.63) is 30.0 Å². The zero-order valence-corrected chi connectivity index (χ0v) is 15.5. The van der Waals surface area contributed by atoms with E-state index in [4.69, 9.17) is 15.9 Å². The van der Waals surface area contributed by atoms with Gasteiger partial charge in [0, 0.05) is 25.6 Å². The fourth-order valence-electron chi connectivity index (χ4n) is 1.84. The van der Waals surface area contributed by atoms with E-state index in [1.807, 2.05) is 6.92 Å². The number of nitrogens with one attached hydrogen (secondary N) is 2. The number of anilines is 1. The van der Waals surface area contributed by atoms with Crippen LogP contribution in [0.25, 0.3) is 0 Å². The number of nitrogens with two attached hydrogens (primary N) is 1. The molecule has 2 heterocycles. The summed E-state index contributed by atoms with van der Waals surface area (Å²) in [5.74, 6) is 0.0985. The molecular formula is C15H23N9O4. The van der Waals surface area contributed by atoms with Crippen molar-refractivity contribution < 1.29 is 19.8 Å². The number of carbonyl (C=O) groups is 2. The largest absolute Gasteiger partial charge is 0.478 e. The second-order valence-corrected chi connectivity index (χ2v) is 5.36. The van der Waals surface area contributed by atoms with Gasteiger partial charge in [-0.3, -0.25) is 10.1 Å². The molecule has 0 aliphatic carbocycles. The third-order valence-electron chi connectivity index (χ3n) is 3.07. The molecule has 0 saturated carbocycles. The molecule has 0 fully saturated rings. The quantitative estimate of drug-likeness (QED) is 0.173. The topological polar surface area (TPSA) is 197 Å². The molecule has 0 aliphatic rings. The molecule has 2 aromatic rings. The molecule has 13 heteroatoms. The van der Waals surface area contributed by atoms with Gasteiger partial charge in [-0.15, -0.1) is 5.10 Å². The molecule has 152 valence electrons. The summed E-state index contributed by atoms with van der Waals surface area (Å²) in [6, 6.07) is 0. The lowest BCUT2D eigenvalue weighted by atomic mass is 10.2. The summed E-state index contributed by atoms with van der Waals surface area (Å²) in [6.45, 7) is 2.62. The summed E-state index contributed by atoms with van der Waals surface area (Å²) in [7, 11) is 1.61. The minimum absolute atomic E-state index is 0.317. The van der Waals surface area contributed by atoms with Crippen molar-refractivity contribution in [2.75, 3.05) is 12.4 Å². The average molecular weight is 393 g/mol. The van der Waals surface area contributed by atoms with Gasteiger partial charge in [0.15, 0.2) is 11.8 Å². The number of aliphatic carboxylic acids is 2. The number of aryl methyl sites for hydroxylation is 3. The summed E-state index contributed by atoms with van der Waals surface area (Å²) in [5.41, 5.74) is 5.55. The molecule has 0 aromatic carbocycles. The van der Waals surface area contributed by atoms with Crippen LogP contribution in [0.2, 0.25) is 0 Å². The first-order chi connectivity index (χ1) is 13.3. The van der Waals surface area contributed by atoms with Crippen molar-refractivity contribution in [1.29, 1.82) is 0 Å². The smallest absolute Gasteiger partial charge is 0.328 e. The van der Waals surface area contributed by atoms with Crippen molar-refractivity contribution in [2.45, 2.75) is 32.7 Å². The van der Waals surface area contributed by atoms with Gasteiger partial charge in [0.1, 0.15) is 11.6 Å². The SMILES string of the molecule is C/N=C(/N)Nc1cnn(CCCCc2nc(C)n[nH]2)n1.O=C(O)/C=C\C(=O)O. The highest BCUT2D eigenvalue weighted by molar-refractivity contribution is 5.91. The van der Waals surface area contributed by atoms with Crippen LogP contribution in [0, 0.1) is 6.92 Å². The normalized spacial score (nSPS) is 11.1. The Bertz CT molecular complexity index is 809. The monoisotopic (exact) mass is 393 g/mol. The van der Waals surface area contributed by atoms with E-state index in [0.717, 1.165) is 37.5 Å². The van der Waals surface area contributed by atoms with Gasteiger partial charge < -0.3 is 21.3 Å². The predicted octanol–water partition coefficient (Wildman–Crippen LogP) is -0.204. The van der Waals surface area contributed by atoms with Crippen LogP contribution >= 0.6 is 0 Å². The Balaban J connectivity index is 0.000000416. The number of rotatable bonds is 8. The standard InChI is InChI=1S/C11H19N9.C4H4O4/c1-8-15-9(18-17-8)5-3-4-6-20-14-7-10(19-20)16-11(12)13-2;5-3(6)1-2-4(7)8/h7H,3-6H2,1-2H3,(H,15,17,18)(H3,12,13,16,19);1-2H,(H,5,6)(H,7,8)/b;2-1-. The molecule has 28 heavy (non-hydrogen) atoms. The Morgan fingerprint density at radius 3 is 2.54 bits per heavy atom. The van der Waals surface area contributed by atoms with E-state index >= 15 is 0 Å². The van der Waals surface area contributed by atoms with E-state index in [1.165, 1.54) is 0 Å². The lowest BCUT2D eigenvalue weighted by Gasteiger charge is -2.00. The summed E-state index contributed by atoms with van der Waals surface area (Å²) >= 11 is 0. The number of carboxylic acid groups (broad SMARTS) is 2. The second-order valence-electron chi connectivity index (χ2n) is 5.36. The number of nitrogens with zero attached hydrogens (tertiary/aromatic N) is 6.